The summed E-state index contributed by atoms with van der Waals surface area (Å²) in [5.74, 6) is 2.37. The van der Waals surface area contributed by atoms with Gasteiger partial charge in [-0.05, 0) is 50.2 Å². The van der Waals surface area contributed by atoms with Crippen molar-refractivity contribution in [3.8, 4) is 11.5 Å². The Morgan fingerprint density at radius 2 is 1.83 bits per heavy atom. The molecule has 0 saturated carbocycles. The minimum Gasteiger partial charge on any atom is -0.497 e. The molecule has 152 valence electrons. The van der Waals surface area contributed by atoms with Crippen LogP contribution in [0.2, 0.25) is 0 Å². The average molecular weight is 413 g/mol. The molecule has 8 heteroatoms. The first-order valence-corrected chi connectivity index (χ1v) is 10.3. The lowest BCUT2D eigenvalue weighted by Crippen LogP contribution is -2.15. The molecule has 1 amide bonds. The molecular weight excluding hydrogens is 388 g/mol. The predicted molar refractivity (Wildman–Crippen MR) is 114 cm³/mol. The number of benzene rings is 2. The van der Waals surface area contributed by atoms with Gasteiger partial charge in [0.05, 0.1) is 12.9 Å². The van der Waals surface area contributed by atoms with Crippen LogP contribution in [0.5, 0.6) is 11.5 Å². The number of nitrogens with zero attached hydrogens (tertiary/aromatic N) is 3. The van der Waals surface area contributed by atoms with Crippen LogP contribution in [0.4, 0.5) is 5.69 Å². The lowest BCUT2D eigenvalue weighted by molar-refractivity contribution is -0.113. The molecule has 0 fully saturated rings. The summed E-state index contributed by atoms with van der Waals surface area (Å²) >= 11 is 1.35. The second-order valence-electron chi connectivity index (χ2n) is 6.22. The number of methoxy groups -OCH3 is 1. The number of thioether (sulfide) groups is 1. The Bertz CT molecular complexity index is 929. The Balaban J connectivity index is 1.60. The van der Waals surface area contributed by atoms with Gasteiger partial charge in [0.1, 0.15) is 11.5 Å². The van der Waals surface area contributed by atoms with Gasteiger partial charge in [-0.15, -0.1) is 10.2 Å². The summed E-state index contributed by atoms with van der Waals surface area (Å²) in [4.78, 5) is 12.3. The average Bonchev–Trinajstić information content (AvgIpc) is 3.16. The van der Waals surface area contributed by atoms with Crippen molar-refractivity contribution in [1.29, 1.82) is 0 Å². The van der Waals surface area contributed by atoms with E-state index in [1.165, 1.54) is 11.8 Å². The third kappa shape index (κ3) is 5.51. The fourth-order valence-electron chi connectivity index (χ4n) is 2.76. The van der Waals surface area contributed by atoms with Crippen molar-refractivity contribution in [2.24, 2.45) is 0 Å². The van der Waals surface area contributed by atoms with Crippen LogP contribution in [0.25, 0.3) is 0 Å². The third-order valence-electron chi connectivity index (χ3n) is 4.19. The van der Waals surface area contributed by atoms with Crippen LogP contribution in [-0.2, 0) is 11.3 Å². The largest absolute Gasteiger partial charge is 0.497 e. The molecule has 2 aromatic carbocycles. The number of aromatic nitrogens is 3. The molecule has 3 aromatic rings. The molecule has 0 radical (unpaired) electrons. The van der Waals surface area contributed by atoms with E-state index in [0.29, 0.717) is 11.7 Å². The summed E-state index contributed by atoms with van der Waals surface area (Å²) in [6, 6.07) is 16.8. The Hall–Kier alpha value is -3.00. The summed E-state index contributed by atoms with van der Waals surface area (Å²) < 4.78 is 13.0. The van der Waals surface area contributed by atoms with Gasteiger partial charge in [-0.3, -0.25) is 4.79 Å². The van der Waals surface area contributed by atoms with Crippen LogP contribution in [0.1, 0.15) is 25.8 Å². The van der Waals surface area contributed by atoms with Gasteiger partial charge in [-0.1, -0.05) is 30.0 Å². The molecule has 0 aliphatic carbocycles. The van der Waals surface area contributed by atoms with Crippen molar-refractivity contribution in [1.82, 2.24) is 14.8 Å². The van der Waals surface area contributed by atoms with E-state index in [1.807, 2.05) is 48.7 Å². The first-order chi connectivity index (χ1) is 14.1. The summed E-state index contributed by atoms with van der Waals surface area (Å²) in [5, 5.41) is 12.1. The molecule has 1 heterocycles. The fourth-order valence-corrected chi connectivity index (χ4v) is 3.57. The quantitative estimate of drug-likeness (QED) is 0.531. The van der Waals surface area contributed by atoms with E-state index < -0.39 is 0 Å². The molecule has 0 bridgehead atoms. The molecule has 1 N–H and O–H groups in total. The molecule has 0 spiro atoms. The molecular formula is C21H24N4O3S. The highest BCUT2D eigenvalue weighted by Crippen LogP contribution is 2.24. The standard InChI is InChI=1S/C21H24N4O3S/c1-4-25-20(15(2)28-18-8-6-5-7-9-18)23-24-21(25)29-14-19(26)22-16-10-12-17(27-3)13-11-16/h5-13,15H,4,14H2,1-3H3,(H,22,26). The number of hydrogen-bond donors (Lipinski definition) is 1. The number of rotatable bonds is 9. The lowest BCUT2D eigenvalue weighted by atomic mass is 10.3. The van der Waals surface area contributed by atoms with Crippen LogP contribution >= 0.6 is 11.8 Å². The van der Waals surface area contributed by atoms with Crippen molar-refractivity contribution in [3.63, 3.8) is 0 Å². The van der Waals surface area contributed by atoms with Gasteiger partial charge in [0.25, 0.3) is 0 Å². The maximum absolute atomic E-state index is 12.3. The van der Waals surface area contributed by atoms with Crippen LogP contribution in [0.3, 0.4) is 0 Å². The zero-order valence-corrected chi connectivity index (χ0v) is 17.5. The maximum Gasteiger partial charge on any atom is 0.234 e. The lowest BCUT2D eigenvalue weighted by Gasteiger charge is -2.15. The zero-order chi connectivity index (χ0) is 20.6. The third-order valence-corrected chi connectivity index (χ3v) is 5.15. The highest BCUT2D eigenvalue weighted by molar-refractivity contribution is 7.99. The van der Waals surface area contributed by atoms with Crippen molar-refractivity contribution >= 4 is 23.4 Å². The first-order valence-electron chi connectivity index (χ1n) is 9.32. The number of carbonyl (C=O) groups is 1. The van der Waals surface area contributed by atoms with Crippen molar-refractivity contribution < 1.29 is 14.3 Å². The van der Waals surface area contributed by atoms with Crippen LogP contribution in [0.15, 0.2) is 59.8 Å². The van der Waals surface area contributed by atoms with Crippen LogP contribution in [-0.4, -0.2) is 33.5 Å². The van der Waals surface area contributed by atoms with Gasteiger partial charge in [0.15, 0.2) is 17.1 Å². The monoisotopic (exact) mass is 412 g/mol. The van der Waals surface area contributed by atoms with E-state index in [-0.39, 0.29) is 17.8 Å². The number of ether oxygens (including phenoxy) is 2. The molecule has 1 unspecified atom stereocenters. The SMILES string of the molecule is CCn1c(SCC(=O)Nc2ccc(OC)cc2)nnc1C(C)Oc1ccccc1. The van der Waals surface area contributed by atoms with Gasteiger partial charge in [0, 0.05) is 12.2 Å². The molecule has 0 aliphatic heterocycles. The number of carbonyl (C=O) groups excluding carboxylic acids is 1. The molecule has 7 nitrogen and oxygen atoms in total. The minimum absolute atomic E-state index is 0.110. The topological polar surface area (TPSA) is 78.3 Å². The van der Waals surface area contributed by atoms with E-state index in [4.69, 9.17) is 9.47 Å². The molecule has 1 aromatic heterocycles. The van der Waals surface area contributed by atoms with Gasteiger partial charge < -0.3 is 19.4 Å². The minimum atomic E-state index is -0.257. The highest BCUT2D eigenvalue weighted by atomic mass is 32.2. The van der Waals surface area contributed by atoms with Gasteiger partial charge >= 0.3 is 0 Å². The van der Waals surface area contributed by atoms with Gasteiger partial charge in [0.2, 0.25) is 5.91 Å². The van der Waals surface area contributed by atoms with Crippen molar-refractivity contribution in [3.05, 3.63) is 60.4 Å². The number of para-hydroxylation sites is 1. The van der Waals surface area contributed by atoms with E-state index in [9.17, 15) is 4.79 Å². The molecule has 29 heavy (non-hydrogen) atoms. The van der Waals surface area contributed by atoms with Gasteiger partial charge in [-0.2, -0.15) is 0 Å². The van der Waals surface area contributed by atoms with E-state index in [0.717, 1.165) is 23.0 Å². The predicted octanol–water partition coefficient (Wildman–Crippen LogP) is 4.18. The van der Waals surface area contributed by atoms with E-state index in [1.54, 1.807) is 31.4 Å². The first kappa shape index (κ1) is 20.7. The molecule has 3 rings (SSSR count). The molecule has 1 atom stereocenters. The summed E-state index contributed by atoms with van der Waals surface area (Å²) in [5.41, 5.74) is 0.721. The second kappa shape index (κ2) is 9.97. The Kier molecular flexibility index (Phi) is 7.13. The van der Waals surface area contributed by atoms with Gasteiger partial charge in [-0.25, -0.2) is 0 Å². The number of anilines is 1. The second-order valence-corrected chi connectivity index (χ2v) is 7.17. The Morgan fingerprint density at radius 1 is 1.10 bits per heavy atom. The zero-order valence-electron chi connectivity index (χ0n) is 16.7. The molecule has 0 saturated heterocycles. The Morgan fingerprint density at radius 3 is 2.48 bits per heavy atom. The summed E-state index contributed by atoms with van der Waals surface area (Å²) in [7, 11) is 1.61. The number of amides is 1. The van der Waals surface area contributed by atoms with Crippen molar-refractivity contribution in [2.75, 3.05) is 18.2 Å². The fraction of sp³-hybridized carbons (Fsp3) is 0.286. The number of nitrogens with one attached hydrogen (secondary N) is 1. The maximum atomic E-state index is 12.3. The Labute approximate surface area is 174 Å². The molecule has 0 aliphatic rings. The van der Waals surface area contributed by atoms with Crippen LogP contribution in [0, 0.1) is 0 Å². The van der Waals surface area contributed by atoms with Crippen molar-refractivity contribution in [2.45, 2.75) is 31.7 Å². The smallest absolute Gasteiger partial charge is 0.234 e. The highest BCUT2D eigenvalue weighted by Gasteiger charge is 2.19. The van der Waals surface area contributed by atoms with Crippen LogP contribution < -0.4 is 14.8 Å². The summed E-state index contributed by atoms with van der Waals surface area (Å²) in [6.07, 6.45) is -0.257. The van der Waals surface area contributed by atoms with E-state index >= 15 is 0 Å². The van der Waals surface area contributed by atoms with E-state index in [2.05, 4.69) is 15.5 Å². The summed E-state index contributed by atoms with van der Waals surface area (Å²) in [6.45, 7) is 4.64. The number of hydrogen-bond acceptors (Lipinski definition) is 6. The normalized spacial score (nSPS) is 11.7.